The van der Waals surface area contributed by atoms with Gasteiger partial charge in [-0.05, 0) is 42.5 Å². The lowest BCUT2D eigenvalue weighted by Gasteiger charge is -2.38. The molecule has 0 atom stereocenters. The molecule has 1 aliphatic rings. The molecule has 1 heterocycles. The summed E-state index contributed by atoms with van der Waals surface area (Å²) in [7, 11) is 5.34. The summed E-state index contributed by atoms with van der Waals surface area (Å²) in [6.07, 6.45) is 2.80. The fourth-order valence-electron chi connectivity index (χ4n) is 4.04. The molecule has 31 heavy (non-hydrogen) atoms. The van der Waals surface area contributed by atoms with Crippen molar-refractivity contribution in [3.8, 4) is 0 Å². The molecule has 1 amide bonds. The smallest absolute Gasteiger partial charge is 0.253 e. The molecule has 0 spiro atoms. The lowest BCUT2D eigenvalue weighted by Crippen LogP contribution is -2.48. The molecule has 0 aromatic heterocycles. The summed E-state index contributed by atoms with van der Waals surface area (Å²) in [4.78, 5) is 18.2. The zero-order valence-corrected chi connectivity index (χ0v) is 18.9. The average molecular weight is 423 g/mol. The van der Waals surface area contributed by atoms with E-state index in [2.05, 4.69) is 52.0 Å². The number of carbonyl (C=O) groups is 1. The minimum Gasteiger partial charge on any atom is -0.381 e. The summed E-state index contributed by atoms with van der Waals surface area (Å²) in [5.41, 5.74) is 3.25. The highest BCUT2D eigenvalue weighted by Gasteiger charge is 2.34. The second-order valence-electron chi connectivity index (χ2n) is 8.26. The van der Waals surface area contributed by atoms with Crippen LogP contribution in [0.15, 0.2) is 59.6 Å². The van der Waals surface area contributed by atoms with Crippen molar-refractivity contribution in [2.24, 2.45) is 4.99 Å². The Morgan fingerprint density at radius 1 is 1.06 bits per heavy atom. The third-order valence-electron chi connectivity index (χ3n) is 5.94. The van der Waals surface area contributed by atoms with E-state index in [4.69, 9.17) is 4.74 Å². The van der Waals surface area contributed by atoms with Crippen LogP contribution in [-0.4, -0.2) is 64.2 Å². The first-order valence-electron chi connectivity index (χ1n) is 10.9. The molecule has 6 nitrogen and oxygen atoms in total. The third kappa shape index (κ3) is 6.07. The van der Waals surface area contributed by atoms with Gasteiger partial charge in [0.2, 0.25) is 0 Å². The Kier molecular flexibility index (Phi) is 8.06. The van der Waals surface area contributed by atoms with E-state index in [1.54, 1.807) is 26.0 Å². The van der Waals surface area contributed by atoms with Gasteiger partial charge in [0, 0.05) is 58.4 Å². The van der Waals surface area contributed by atoms with Crippen molar-refractivity contribution in [2.75, 3.05) is 47.4 Å². The first kappa shape index (κ1) is 22.8. The molecular formula is C25H34N4O2. The van der Waals surface area contributed by atoms with Crippen LogP contribution in [0.5, 0.6) is 0 Å². The first-order valence-corrected chi connectivity index (χ1v) is 10.9. The summed E-state index contributed by atoms with van der Waals surface area (Å²) in [6, 6.07) is 18.5. The largest absolute Gasteiger partial charge is 0.381 e. The van der Waals surface area contributed by atoms with Crippen LogP contribution in [0.2, 0.25) is 0 Å². The Bertz CT molecular complexity index is 874. The van der Waals surface area contributed by atoms with Crippen molar-refractivity contribution in [2.45, 2.75) is 24.7 Å². The van der Waals surface area contributed by atoms with E-state index >= 15 is 0 Å². The number of benzene rings is 2. The van der Waals surface area contributed by atoms with Gasteiger partial charge in [-0.25, -0.2) is 0 Å². The number of rotatable bonds is 7. The van der Waals surface area contributed by atoms with Crippen molar-refractivity contribution in [1.29, 1.82) is 0 Å². The van der Waals surface area contributed by atoms with E-state index < -0.39 is 0 Å². The van der Waals surface area contributed by atoms with Gasteiger partial charge in [-0.15, -0.1) is 0 Å². The molecule has 2 N–H and O–H groups in total. The lowest BCUT2D eigenvalue weighted by atomic mass is 9.74. The second-order valence-corrected chi connectivity index (χ2v) is 8.26. The number of nitrogens with one attached hydrogen (secondary N) is 2. The van der Waals surface area contributed by atoms with Gasteiger partial charge in [-0.2, -0.15) is 0 Å². The second kappa shape index (κ2) is 11.0. The first-order chi connectivity index (χ1) is 15.0. The van der Waals surface area contributed by atoms with Crippen molar-refractivity contribution in [1.82, 2.24) is 15.5 Å². The van der Waals surface area contributed by atoms with E-state index in [1.807, 2.05) is 18.2 Å². The molecule has 0 saturated carbocycles. The van der Waals surface area contributed by atoms with Crippen LogP contribution in [0.25, 0.3) is 0 Å². The number of amides is 1. The number of hydrogen-bond acceptors (Lipinski definition) is 3. The molecule has 0 unspecified atom stereocenters. The maximum absolute atomic E-state index is 12.2. The SMILES string of the molecule is CN=C(NCCc1cccc(C(=O)N(C)C)c1)NCC1(c2ccccc2)CCOCC1. The van der Waals surface area contributed by atoms with Gasteiger partial charge in [0.15, 0.2) is 5.96 Å². The van der Waals surface area contributed by atoms with E-state index in [9.17, 15) is 4.79 Å². The quantitative estimate of drug-likeness (QED) is 0.532. The van der Waals surface area contributed by atoms with Gasteiger partial charge in [0.1, 0.15) is 0 Å². The minimum atomic E-state index is 0.0231. The zero-order chi connectivity index (χ0) is 22.1. The highest BCUT2D eigenvalue weighted by atomic mass is 16.5. The standard InChI is InChI=1S/C25H34N4O2/c1-26-24(27-15-12-20-8-7-9-21(18-20)23(30)29(2)3)28-19-25(13-16-31-17-14-25)22-10-5-4-6-11-22/h4-11,18H,12-17,19H2,1-3H3,(H2,26,27,28). The molecule has 1 aliphatic heterocycles. The van der Waals surface area contributed by atoms with Gasteiger partial charge >= 0.3 is 0 Å². The van der Waals surface area contributed by atoms with Crippen LogP contribution < -0.4 is 10.6 Å². The summed E-state index contributed by atoms with van der Waals surface area (Å²) in [5, 5.41) is 6.94. The highest BCUT2D eigenvalue weighted by Crippen LogP contribution is 2.34. The normalized spacial score (nSPS) is 15.9. The van der Waals surface area contributed by atoms with Crippen LogP contribution in [0.3, 0.4) is 0 Å². The molecular weight excluding hydrogens is 388 g/mol. The van der Waals surface area contributed by atoms with E-state index in [1.165, 1.54) is 5.56 Å². The number of ether oxygens (including phenoxy) is 1. The fraction of sp³-hybridized carbons (Fsp3) is 0.440. The number of carbonyl (C=O) groups excluding carboxylic acids is 1. The fourth-order valence-corrected chi connectivity index (χ4v) is 4.04. The Labute approximate surface area is 185 Å². The Balaban J connectivity index is 1.56. The van der Waals surface area contributed by atoms with Gasteiger partial charge in [-0.3, -0.25) is 9.79 Å². The molecule has 6 heteroatoms. The predicted molar refractivity (Wildman–Crippen MR) is 126 cm³/mol. The molecule has 2 aromatic rings. The molecule has 0 bridgehead atoms. The van der Waals surface area contributed by atoms with Gasteiger partial charge in [-0.1, -0.05) is 42.5 Å². The number of guanidine groups is 1. The van der Waals surface area contributed by atoms with Crippen molar-refractivity contribution in [3.63, 3.8) is 0 Å². The molecule has 3 rings (SSSR count). The molecule has 2 aromatic carbocycles. The molecule has 166 valence electrons. The number of aliphatic imine (C=N–C) groups is 1. The van der Waals surface area contributed by atoms with Crippen LogP contribution in [-0.2, 0) is 16.6 Å². The summed E-state index contributed by atoms with van der Waals surface area (Å²) < 4.78 is 5.63. The Morgan fingerprint density at radius 3 is 2.48 bits per heavy atom. The third-order valence-corrected chi connectivity index (χ3v) is 5.94. The van der Waals surface area contributed by atoms with Gasteiger partial charge in [0.25, 0.3) is 5.91 Å². The van der Waals surface area contributed by atoms with Crippen molar-refractivity contribution >= 4 is 11.9 Å². The Morgan fingerprint density at radius 2 is 1.81 bits per heavy atom. The van der Waals surface area contributed by atoms with Crippen LogP contribution >= 0.6 is 0 Å². The van der Waals surface area contributed by atoms with Gasteiger partial charge < -0.3 is 20.3 Å². The summed E-state index contributed by atoms with van der Waals surface area (Å²) in [5.74, 6) is 0.817. The molecule has 0 aliphatic carbocycles. The van der Waals surface area contributed by atoms with E-state index in [-0.39, 0.29) is 11.3 Å². The lowest BCUT2D eigenvalue weighted by molar-refractivity contribution is 0.0514. The topological polar surface area (TPSA) is 66.0 Å². The van der Waals surface area contributed by atoms with Crippen LogP contribution in [0, 0.1) is 0 Å². The van der Waals surface area contributed by atoms with Crippen molar-refractivity contribution in [3.05, 3.63) is 71.3 Å². The zero-order valence-electron chi connectivity index (χ0n) is 18.9. The van der Waals surface area contributed by atoms with E-state index in [0.717, 1.165) is 57.1 Å². The van der Waals surface area contributed by atoms with Crippen LogP contribution in [0.1, 0.15) is 34.3 Å². The predicted octanol–water partition coefficient (Wildman–Crippen LogP) is 2.84. The molecule has 1 fully saturated rings. The summed E-state index contributed by atoms with van der Waals surface area (Å²) >= 11 is 0. The minimum absolute atomic E-state index is 0.0231. The van der Waals surface area contributed by atoms with Gasteiger partial charge in [0.05, 0.1) is 0 Å². The Hall–Kier alpha value is -2.86. The van der Waals surface area contributed by atoms with Crippen molar-refractivity contribution < 1.29 is 9.53 Å². The molecule has 0 radical (unpaired) electrons. The maximum Gasteiger partial charge on any atom is 0.253 e. The number of hydrogen-bond donors (Lipinski definition) is 2. The maximum atomic E-state index is 12.2. The molecule has 1 saturated heterocycles. The summed E-state index contributed by atoms with van der Waals surface area (Å²) in [6.45, 7) is 3.11. The monoisotopic (exact) mass is 422 g/mol. The highest BCUT2D eigenvalue weighted by molar-refractivity contribution is 5.94. The average Bonchev–Trinajstić information content (AvgIpc) is 2.82. The number of nitrogens with zero attached hydrogens (tertiary/aromatic N) is 2. The van der Waals surface area contributed by atoms with Crippen LogP contribution in [0.4, 0.5) is 0 Å². The van der Waals surface area contributed by atoms with E-state index in [0.29, 0.717) is 5.56 Å².